The van der Waals surface area contributed by atoms with E-state index in [-0.39, 0.29) is 0 Å². The van der Waals surface area contributed by atoms with Crippen LogP contribution in [-0.4, -0.2) is 30.8 Å². The Balaban J connectivity index is 2.51. The maximum absolute atomic E-state index is 12.1. The van der Waals surface area contributed by atoms with Gasteiger partial charge in [0.25, 0.3) is 0 Å². The first kappa shape index (κ1) is 27.0. The molecule has 1 amide bonds. The van der Waals surface area contributed by atoms with Crippen LogP contribution >= 0.6 is 0 Å². The summed E-state index contributed by atoms with van der Waals surface area (Å²) in [4.78, 5) is 24.1. The van der Waals surface area contributed by atoms with Gasteiger partial charge in [-0.2, -0.15) is 0 Å². The molecule has 0 bridgehead atoms. The maximum atomic E-state index is 12.1. The van der Waals surface area contributed by atoms with E-state index in [0.29, 0.717) is 18.8 Å². The first-order valence-corrected chi connectivity index (χ1v) is 11.8. The second kappa shape index (κ2) is 14.1. The lowest BCUT2D eigenvalue weighted by Gasteiger charge is -2.22. The summed E-state index contributed by atoms with van der Waals surface area (Å²) in [7, 11) is 1.33. The van der Waals surface area contributed by atoms with Gasteiger partial charge in [0.05, 0.1) is 7.11 Å². The largest absolute Gasteiger partial charge is 0.467 e. The summed E-state index contributed by atoms with van der Waals surface area (Å²) in [6.07, 6.45) is 9.68. The quantitative estimate of drug-likeness (QED) is 0.283. The SMILES string of the molecule is CCCCCCCCC(C)c1ccc(CCC(NC(=O)OC(C)(C)C)C(=O)OC)cc1. The van der Waals surface area contributed by atoms with Gasteiger partial charge in [0.15, 0.2) is 0 Å². The number of rotatable bonds is 13. The zero-order valence-electron chi connectivity index (χ0n) is 20.5. The number of carbonyl (C=O) groups excluding carboxylic acids is 2. The molecule has 0 saturated heterocycles. The molecule has 5 nitrogen and oxygen atoms in total. The van der Waals surface area contributed by atoms with Crippen molar-refractivity contribution in [3.8, 4) is 0 Å². The van der Waals surface area contributed by atoms with Crippen LogP contribution in [0.5, 0.6) is 0 Å². The summed E-state index contributed by atoms with van der Waals surface area (Å²) in [6.45, 7) is 9.90. The summed E-state index contributed by atoms with van der Waals surface area (Å²) < 4.78 is 10.1. The molecule has 0 aliphatic carbocycles. The Morgan fingerprint density at radius 1 is 0.968 bits per heavy atom. The number of methoxy groups -OCH3 is 1. The van der Waals surface area contributed by atoms with Gasteiger partial charge in [-0.15, -0.1) is 0 Å². The highest BCUT2D eigenvalue weighted by atomic mass is 16.6. The highest BCUT2D eigenvalue weighted by Crippen LogP contribution is 2.23. The number of hydrogen-bond donors (Lipinski definition) is 1. The minimum absolute atomic E-state index is 0.457. The molecule has 0 heterocycles. The highest BCUT2D eigenvalue weighted by molar-refractivity contribution is 5.81. The molecule has 2 unspecified atom stereocenters. The third kappa shape index (κ3) is 11.8. The molecule has 31 heavy (non-hydrogen) atoms. The minimum atomic E-state index is -0.730. The molecule has 5 heteroatoms. The van der Waals surface area contributed by atoms with Gasteiger partial charge in [-0.25, -0.2) is 9.59 Å². The predicted octanol–water partition coefficient (Wildman–Crippen LogP) is 6.54. The Morgan fingerprint density at radius 3 is 2.16 bits per heavy atom. The van der Waals surface area contributed by atoms with Crippen molar-refractivity contribution in [1.82, 2.24) is 5.32 Å². The first-order chi connectivity index (χ1) is 14.7. The van der Waals surface area contributed by atoms with Crippen molar-refractivity contribution in [2.45, 2.75) is 110 Å². The van der Waals surface area contributed by atoms with Crippen molar-refractivity contribution in [3.63, 3.8) is 0 Å². The fraction of sp³-hybridized carbons (Fsp3) is 0.692. The van der Waals surface area contributed by atoms with E-state index in [4.69, 9.17) is 9.47 Å². The lowest BCUT2D eigenvalue weighted by molar-refractivity contribution is -0.143. The van der Waals surface area contributed by atoms with Gasteiger partial charge in [-0.05, 0) is 57.1 Å². The van der Waals surface area contributed by atoms with Crippen LogP contribution in [0.25, 0.3) is 0 Å². The van der Waals surface area contributed by atoms with E-state index in [2.05, 4.69) is 43.4 Å². The number of benzene rings is 1. The first-order valence-electron chi connectivity index (χ1n) is 11.8. The van der Waals surface area contributed by atoms with Crippen molar-refractivity contribution in [3.05, 3.63) is 35.4 Å². The summed E-state index contributed by atoms with van der Waals surface area (Å²) in [5, 5.41) is 2.63. The van der Waals surface area contributed by atoms with E-state index in [0.717, 1.165) is 5.56 Å². The zero-order chi connectivity index (χ0) is 23.3. The normalized spacial score (nSPS) is 13.4. The monoisotopic (exact) mass is 433 g/mol. The van der Waals surface area contributed by atoms with Crippen molar-refractivity contribution >= 4 is 12.1 Å². The lowest BCUT2D eigenvalue weighted by atomic mass is 9.93. The molecule has 0 aliphatic rings. The van der Waals surface area contributed by atoms with Crippen LogP contribution in [0.1, 0.15) is 103 Å². The van der Waals surface area contributed by atoms with Crippen LogP contribution < -0.4 is 5.32 Å². The van der Waals surface area contributed by atoms with Crippen LogP contribution in [0.4, 0.5) is 4.79 Å². The molecule has 2 atom stereocenters. The van der Waals surface area contributed by atoms with Crippen molar-refractivity contribution < 1.29 is 19.1 Å². The third-order valence-electron chi connectivity index (χ3n) is 5.44. The number of ether oxygens (including phenoxy) is 2. The zero-order valence-corrected chi connectivity index (χ0v) is 20.5. The van der Waals surface area contributed by atoms with E-state index in [1.807, 2.05) is 0 Å². The fourth-order valence-electron chi connectivity index (χ4n) is 3.56. The summed E-state index contributed by atoms with van der Waals surface area (Å²) in [5.74, 6) is 0.0897. The van der Waals surface area contributed by atoms with Gasteiger partial charge in [-0.3, -0.25) is 0 Å². The Kier molecular flexibility index (Phi) is 12.3. The molecule has 1 N–H and O–H groups in total. The topological polar surface area (TPSA) is 64.6 Å². The van der Waals surface area contributed by atoms with E-state index < -0.39 is 23.7 Å². The Labute approximate surface area is 189 Å². The molecule has 0 aromatic heterocycles. The summed E-state index contributed by atoms with van der Waals surface area (Å²) >= 11 is 0. The second-order valence-corrected chi connectivity index (χ2v) is 9.46. The average Bonchev–Trinajstić information content (AvgIpc) is 2.71. The minimum Gasteiger partial charge on any atom is -0.467 e. The molecule has 1 rings (SSSR count). The van der Waals surface area contributed by atoms with Crippen LogP contribution in [-0.2, 0) is 20.7 Å². The van der Waals surface area contributed by atoms with Crippen molar-refractivity contribution in [2.75, 3.05) is 7.11 Å². The van der Waals surface area contributed by atoms with Crippen molar-refractivity contribution in [1.29, 1.82) is 0 Å². The Morgan fingerprint density at radius 2 is 1.58 bits per heavy atom. The molecular formula is C26H43NO4. The number of hydrogen-bond acceptors (Lipinski definition) is 4. The fourth-order valence-corrected chi connectivity index (χ4v) is 3.56. The van der Waals surface area contributed by atoms with Crippen LogP contribution in [0.3, 0.4) is 0 Å². The van der Waals surface area contributed by atoms with Gasteiger partial charge in [0, 0.05) is 0 Å². The standard InChI is InChI=1S/C26H43NO4/c1-7-8-9-10-11-12-13-20(2)22-17-14-21(15-18-22)16-19-23(24(28)30-6)27-25(29)31-26(3,4)5/h14-15,17-18,20,23H,7-13,16,19H2,1-6H3,(H,27,29). The molecule has 176 valence electrons. The number of alkyl carbamates (subject to hydrolysis) is 1. The molecule has 1 aromatic carbocycles. The predicted molar refractivity (Wildman–Crippen MR) is 126 cm³/mol. The van der Waals surface area contributed by atoms with Gasteiger partial charge in [0.2, 0.25) is 0 Å². The van der Waals surface area contributed by atoms with Crippen molar-refractivity contribution in [2.24, 2.45) is 0 Å². The van der Waals surface area contributed by atoms with Crippen LogP contribution in [0, 0.1) is 0 Å². The summed E-state index contributed by atoms with van der Waals surface area (Å²) in [5.41, 5.74) is 1.87. The smallest absolute Gasteiger partial charge is 0.408 e. The third-order valence-corrected chi connectivity index (χ3v) is 5.44. The maximum Gasteiger partial charge on any atom is 0.408 e. The highest BCUT2D eigenvalue weighted by Gasteiger charge is 2.24. The van der Waals surface area contributed by atoms with E-state index >= 15 is 0 Å². The van der Waals surface area contributed by atoms with Gasteiger partial charge < -0.3 is 14.8 Å². The average molecular weight is 434 g/mol. The molecule has 0 aliphatic heterocycles. The molecule has 0 saturated carbocycles. The molecule has 0 radical (unpaired) electrons. The second-order valence-electron chi connectivity index (χ2n) is 9.46. The Hall–Kier alpha value is -2.04. The number of nitrogens with one attached hydrogen (secondary N) is 1. The lowest BCUT2D eigenvalue weighted by Crippen LogP contribution is -2.44. The van der Waals surface area contributed by atoms with Crippen LogP contribution in [0.15, 0.2) is 24.3 Å². The molecule has 0 spiro atoms. The van der Waals surface area contributed by atoms with Gasteiger partial charge in [0.1, 0.15) is 11.6 Å². The van der Waals surface area contributed by atoms with E-state index in [9.17, 15) is 9.59 Å². The van der Waals surface area contributed by atoms with Gasteiger partial charge in [-0.1, -0.05) is 76.6 Å². The van der Waals surface area contributed by atoms with Crippen LogP contribution in [0.2, 0.25) is 0 Å². The van der Waals surface area contributed by atoms with Gasteiger partial charge >= 0.3 is 12.1 Å². The molecular weight excluding hydrogens is 390 g/mol. The number of unbranched alkanes of at least 4 members (excludes halogenated alkanes) is 5. The Bertz CT molecular complexity index is 648. The van der Waals surface area contributed by atoms with E-state index in [1.165, 1.54) is 57.6 Å². The molecule has 0 fully saturated rings. The number of esters is 1. The number of amides is 1. The van der Waals surface area contributed by atoms with E-state index in [1.54, 1.807) is 20.8 Å². The molecule has 1 aromatic rings. The summed E-state index contributed by atoms with van der Waals surface area (Å²) in [6, 6.07) is 7.88. The number of carbonyl (C=O) groups is 2. The number of aryl methyl sites for hydroxylation is 1.